The molecule has 0 spiro atoms. The van der Waals surface area contributed by atoms with Crippen molar-refractivity contribution in [2.75, 3.05) is 7.11 Å². The van der Waals surface area contributed by atoms with Crippen LogP contribution in [0.15, 0.2) is 48.5 Å². The maximum Gasteiger partial charge on any atom is 0.338 e. The van der Waals surface area contributed by atoms with Crippen LogP contribution in [0.2, 0.25) is 0 Å². The summed E-state index contributed by atoms with van der Waals surface area (Å²) in [6.45, 7) is 2.53. The molecule has 2 aromatic rings. The molecule has 0 saturated carbocycles. The molecule has 110 valence electrons. The van der Waals surface area contributed by atoms with Crippen molar-refractivity contribution in [3.8, 4) is 0 Å². The summed E-state index contributed by atoms with van der Waals surface area (Å²) in [6, 6.07) is 13.7. The third-order valence-corrected chi connectivity index (χ3v) is 3.39. The first-order valence-corrected chi connectivity index (χ1v) is 6.77. The average molecular weight is 287 g/mol. The van der Waals surface area contributed by atoms with Crippen LogP contribution in [0.4, 0.5) is 4.39 Å². The quantitative estimate of drug-likeness (QED) is 0.856. The van der Waals surface area contributed by atoms with Crippen LogP contribution in [0.1, 0.15) is 34.5 Å². The number of carbonyl (C=O) groups is 1. The number of hydrogen-bond acceptors (Lipinski definition) is 3. The summed E-state index contributed by atoms with van der Waals surface area (Å²) in [4.78, 5) is 11.7. The number of carbonyl (C=O) groups excluding carboxylic acids is 1. The fourth-order valence-electron chi connectivity index (χ4n) is 2.12. The largest absolute Gasteiger partial charge is 0.465 e. The summed E-state index contributed by atoms with van der Waals surface area (Å²) in [5.74, 6) is -0.594. The Kier molecular flexibility index (Phi) is 5.06. The first-order valence-electron chi connectivity index (χ1n) is 6.77. The molecular formula is C17H18FNO2. The zero-order valence-electron chi connectivity index (χ0n) is 12.1. The van der Waals surface area contributed by atoms with Gasteiger partial charge in [-0.15, -0.1) is 0 Å². The van der Waals surface area contributed by atoms with Crippen molar-refractivity contribution in [3.05, 3.63) is 71.0 Å². The molecule has 2 aromatic carbocycles. The van der Waals surface area contributed by atoms with Crippen LogP contribution in [-0.4, -0.2) is 13.1 Å². The van der Waals surface area contributed by atoms with Gasteiger partial charge >= 0.3 is 5.97 Å². The molecule has 21 heavy (non-hydrogen) atoms. The lowest BCUT2D eigenvalue weighted by Crippen LogP contribution is -2.20. The molecule has 1 unspecified atom stereocenters. The number of nitrogens with one attached hydrogen (secondary N) is 1. The summed E-state index contributed by atoms with van der Waals surface area (Å²) < 4.78 is 17.7. The van der Waals surface area contributed by atoms with Gasteiger partial charge in [0.1, 0.15) is 5.82 Å². The van der Waals surface area contributed by atoms with Gasteiger partial charge in [-0.25, -0.2) is 9.18 Å². The number of halogens is 1. The maximum atomic E-state index is 12.9. The molecule has 0 aliphatic carbocycles. The van der Waals surface area contributed by atoms with E-state index in [4.69, 9.17) is 4.74 Å². The maximum absolute atomic E-state index is 12.9. The van der Waals surface area contributed by atoms with Crippen LogP contribution in [0, 0.1) is 5.82 Å². The van der Waals surface area contributed by atoms with E-state index in [0.717, 1.165) is 11.1 Å². The topological polar surface area (TPSA) is 38.3 Å². The van der Waals surface area contributed by atoms with Gasteiger partial charge in [-0.1, -0.05) is 30.3 Å². The molecule has 1 N–H and O–H groups in total. The predicted molar refractivity (Wildman–Crippen MR) is 79.4 cm³/mol. The number of rotatable bonds is 5. The number of ether oxygens (including phenoxy) is 1. The van der Waals surface area contributed by atoms with Crippen LogP contribution in [0.3, 0.4) is 0 Å². The van der Waals surface area contributed by atoms with Gasteiger partial charge in [-0.05, 0) is 36.2 Å². The molecule has 3 nitrogen and oxygen atoms in total. The fraction of sp³-hybridized carbons (Fsp3) is 0.235. The van der Waals surface area contributed by atoms with Crippen molar-refractivity contribution in [1.82, 2.24) is 5.32 Å². The highest BCUT2D eigenvalue weighted by atomic mass is 19.1. The smallest absolute Gasteiger partial charge is 0.338 e. The highest BCUT2D eigenvalue weighted by Gasteiger charge is 2.12. The van der Waals surface area contributed by atoms with E-state index in [2.05, 4.69) is 5.32 Å². The van der Waals surface area contributed by atoms with Gasteiger partial charge < -0.3 is 10.1 Å². The summed E-state index contributed by atoms with van der Waals surface area (Å²) in [6.07, 6.45) is 0. The van der Waals surface area contributed by atoms with Gasteiger partial charge in [0.25, 0.3) is 0 Å². The number of hydrogen-bond donors (Lipinski definition) is 1. The molecule has 2 rings (SSSR count). The minimum absolute atomic E-state index is 0.0521. The first-order chi connectivity index (χ1) is 10.1. The predicted octanol–water partition coefficient (Wildman–Crippen LogP) is 3.46. The second kappa shape index (κ2) is 6.99. The number of esters is 1. The lowest BCUT2D eigenvalue weighted by Gasteiger charge is -2.15. The van der Waals surface area contributed by atoms with Crippen LogP contribution < -0.4 is 5.32 Å². The van der Waals surface area contributed by atoms with E-state index in [9.17, 15) is 9.18 Å². The van der Waals surface area contributed by atoms with Crippen molar-refractivity contribution in [2.24, 2.45) is 0 Å². The minimum Gasteiger partial charge on any atom is -0.465 e. The summed E-state index contributed by atoms with van der Waals surface area (Å²) in [7, 11) is 1.37. The van der Waals surface area contributed by atoms with Gasteiger partial charge in [-0.3, -0.25) is 0 Å². The molecule has 0 aliphatic heterocycles. The normalized spacial score (nSPS) is 12.0. The van der Waals surface area contributed by atoms with Gasteiger partial charge in [0, 0.05) is 12.6 Å². The molecule has 0 aromatic heterocycles. The van der Waals surface area contributed by atoms with E-state index in [1.807, 2.05) is 19.1 Å². The Morgan fingerprint density at radius 1 is 1.19 bits per heavy atom. The van der Waals surface area contributed by atoms with Gasteiger partial charge in [0.15, 0.2) is 0 Å². The Balaban J connectivity index is 2.06. The molecule has 0 heterocycles. The Bertz CT molecular complexity index is 610. The highest BCUT2D eigenvalue weighted by molar-refractivity contribution is 5.90. The van der Waals surface area contributed by atoms with E-state index >= 15 is 0 Å². The van der Waals surface area contributed by atoms with Crippen molar-refractivity contribution in [2.45, 2.75) is 19.5 Å². The van der Waals surface area contributed by atoms with E-state index in [-0.39, 0.29) is 17.8 Å². The molecule has 0 bridgehead atoms. The third-order valence-electron chi connectivity index (χ3n) is 3.39. The zero-order valence-corrected chi connectivity index (χ0v) is 12.1. The fourth-order valence-corrected chi connectivity index (χ4v) is 2.12. The van der Waals surface area contributed by atoms with Gasteiger partial charge in [0.05, 0.1) is 12.7 Å². The van der Waals surface area contributed by atoms with Crippen molar-refractivity contribution in [1.29, 1.82) is 0 Å². The van der Waals surface area contributed by atoms with E-state index in [1.165, 1.54) is 19.2 Å². The van der Waals surface area contributed by atoms with Crippen LogP contribution in [0.5, 0.6) is 0 Å². The van der Waals surface area contributed by atoms with Crippen molar-refractivity contribution >= 4 is 5.97 Å². The molecule has 0 fully saturated rings. The highest BCUT2D eigenvalue weighted by Crippen LogP contribution is 2.15. The number of benzene rings is 2. The zero-order chi connectivity index (χ0) is 15.2. The first kappa shape index (κ1) is 15.2. The van der Waals surface area contributed by atoms with Crippen LogP contribution >= 0.6 is 0 Å². The Labute approximate surface area is 123 Å². The van der Waals surface area contributed by atoms with Crippen LogP contribution in [0.25, 0.3) is 0 Å². The SMILES string of the molecule is COC(=O)c1ccccc1CNC(C)c1ccc(F)cc1. The van der Waals surface area contributed by atoms with Gasteiger partial charge in [-0.2, -0.15) is 0 Å². The van der Waals surface area contributed by atoms with Crippen molar-refractivity contribution in [3.63, 3.8) is 0 Å². The standard InChI is InChI=1S/C17H18FNO2/c1-12(13-7-9-15(18)10-8-13)19-11-14-5-3-4-6-16(14)17(20)21-2/h3-10,12,19H,11H2,1-2H3. The lowest BCUT2D eigenvalue weighted by molar-refractivity contribution is 0.0599. The van der Waals surface area contributed by atoms with E-state index < -0.39 is 0 Å². The monoisotopic (exact) mass is 287 g/mol. The second-order valence-corrected chi connectivity index (χ2v) is 4.80. The molecule has 0 radical (unpaired) electrons. The Morgan fingerprint density at radius 2 is 1.86 bits per heavy atom. The summed E-state index contributed by atoms with van der Waals surface area (Å²) in [5.41, 5.74) is 2.42. The third kappa shape index (κ3) is 3.89. The molecule has 0 saturated heterocycles. The van der Waals surface area contributed by atoms with Crippen LogP contribution in [-0.2, 0) is 11.3 Å². The lowest BCUT2D eigenvalue weighted by atomic mass is 10.1. The van der Waals surface area contributed by atoms with E-state index in [1.54, 1.807) is 24.3 Å². The molecule has 1 atom stereocenters. The summed E-state index contributed by atoms with van der Waals surface area (Å²) in [5, 5.41) is 3.32. The Hall–Kier alpha value is -2.20. The summed E-state index contributed by atoms with van der Waals surface area (Å²) >= 11 is 0. The average Bonchev–Trinajstić information content (AvgIpc) is 2.52. The Morgan fingerprint density at radius 3 is 2.52 bits per heavy atom. The number of methoxy groups -OCH3 is 1. The molecule has 4 heteroatoms. The van der Waals surface area contributed by atoms with Crippen molar-refractivity contribution < 1.29 is 13.9 Å². The minimum atomic E-state index is -0.346. The van der Waals surface area contributed by atoms with Gasteiger partial charge in [0.2, 0.25) is 0 Å². The molecule has 0 aliphatic rings. The molecular weight excluding hydrogens is 269 g/mol. The molecule has 0 amide bonds. The van der Waals surface area contributed by atoms with E-state index in [0.29, 0.717) is 12.1 Å². The second-order valence-electron chi connectivity index (χ2n) is 4.80.